The molecule has 0 N–H and O–H groups in total. The monoisotopic (exact) mass is 463 g/mol. The number of hydrogen-bond acceptors (Lipinski definition) is 4. The van der Waals surface area contributed by atoms with Crippen LogP contribution in [0.25, 0.3) is 0 Å². The molecule has 0 aliphatic heterocycles. The van der Waals surface area contributed by atoms with Crippen molar-refractivity contribution in [3.63, 3.8) is 0 Å². The molecule has 1 amide bonds. The van der Waals surface area contributed by atoms with Crippen LogP contribution in [0.2, 0.25) is 0 Å². The molecule has 168 valence electrons. The number of halogens is 4. The fraction of sp³-hybridized carbons (Fsp3) is 0.304. The molecule has 9 heteroatoms. The van der Waals surface area contributed by atoms with Crippen LogP contribution in [0.4, 0.5) is 28.4 Å². The summed E-state index contributed by atoms with van der Waals surface area (Å²) in [4.78, 5) is 20.3. The van der Waals surface area contributed by atoms with Gasteiger partial charge in [0.1, 0.15) is 5.82 Å². The molecule has 2 aromatic carbocycles. The van der Waals surface area contributed by atoms with Gasteiger partial charge in [-0.05, 0) is 48.7 Å². The van der Waals surface area contributed by atoms with Gasteiger partial charge in [0.2, 0.25) is 5.91 Å². The predicted molar refractivity (Wildman–Crippen MR) is 115 cm³/mol. The van der Waals surface area contributed by atoms with E-state index in [1.54, 1.807) is 12.1 Å². The van der Waals surface area contributed by atoms with E-state index in [0.717, 1.165) is 36.2 Å². The van der Waals surface area contributed by atoms with Gasteiger partial charge in [0, 0.05) is 31.4 Å². The van der Waals surface area contributed by atoms with Crippen molar-refractivity contribution in [1.29, 1.82) is 0 Å². The second kappa shape index (κ2) is 8.99. The van der Waals surface area contributed by atoms with Gasteiger partial charge >= 0.3 is 6.18 Å². The second-order valence-electron chi connectivity index (χ2n) is 7.79. The lowest BCUT2D eigenvalue weighted by atomic mass is 10.2. The van der Waals surface area contributed by atoms with E-state index in [4.69, 9.17) is 0 Å². The van der Waals surface area contributed by atoms with Crippen LogP contribution in [0.5, 0.6) is 0 Å². The van der Waals surface area contributed by atoms with Crippen molar-refractivity contribution in [2.75, 3.05) is 4.90 Å². The van der Waals surface area contributed by atoms with Crippen LogP contribution >= 0.6 is 11.3 Å². The summed E-state index contributed by atoms with van der Waals surface area (Å²) in [7, 11) is 0. The van der Waals surface area contributed by atoms with Gasteiger partial charge in [-0.1, -0.05) is 18.2 Å². The summed E-state index contributed by atoms with van der Waals surface area (Å²) >= 11 is 1.21. The highest BCUT2D eigenvalue weighted by Gasteiger charge is 2.32. The average molecular weight is 464 g/mol. The Hall–Kier alpha value is -2.78. The van der Waals surface area contributed by atoms with Crippen LogP contribution in [-0.4, -0.2) is 21.8 Å². The standard InChI is InChI=1S/C23H21F4N3OS/c1-15(31)30(21-4-2-3-17(11-21)23(25,26)27)22-28-19(14-32-22)13-29(20-9-10-20)12-16-5-7-18(24)8-6-16/h2-8,11,14,20H,9-10,12-13H2,1H3. The highest BCUT2D eigenvalue weighted by molar-refractivity contribution is 7.14. The van der Waals surface area contributed by atoms with Gasteiger partial charge < -0.3 is 0 Å². The van der Waals surface area contributed by atoms with Crippen molar-refractivity contribution in [2.24, 2.45) is 0 Å². The lowest BCUT2D eigenvalue weighted by molar-refractivity contribution is -0.137. The van der Waals surface area contributed by atoms with E-state index in [1.807, 2.05) is 5.38 Å². The molecule has 3 aromatic rings. The summed E-state index contributed by atoms with van der Waals surface area (Å²) < 4.78 is 52.6. The van der Waals surface area contributed by atoms with Crippen molar-refractivity contribution >= 4 is 28.1 Å². The van der Waals surface area contributed by atoms with Crippen LogP contribution in [0.3, 0.4) is 0 Å². The molecule has 1 heterocycles. The Bertz CT molecular complexity index is 1090. The molecule has 4 nitrogen and oxygen atoms in total. The Balaban J connectivity index is 1.54. The quantitative estimate of drug-likeness (QED) is 0.395. The van der Waals surface area contributed by atoms with Crippen molar-refractivity contribution in [2.45, 2.75) is 45.1 Å². The highest BCUT2D eigenvalue weighted by Crippen LogP contribution is 2.36. The van der Waals surface area contributed by atoms with Gasteiger partial charge in [-0.25, -0.2) is 9.37 Å². The van der Waals surface area contributed by atoms with Gasteiger partial charge in [-0.2, -0.15) is 13.2 Å². The molecule has 0 radical (unpaired) electrons. The fourth-order valence-corrected chi connectivity index (χ4v) is 4.38. The molecule has 0 bridgehead atoms. The summed E-state index contributed by atoms with van der Waals surface area (Å²) in [6.45, 7) is 2.47. The number of benzene rings is 2. The molecule has 1 aromatic heterocycles. The maximum Gasteiger partial charge on any atom is 0.416 e. The third-order valence-corrected chi connectivity index (χ3v) is 6.08. The molecule has 1 aliphatic rings. The van der Waals surface area contributed by atoms with Crippen molar-refractivity contribution in [3.05, 3.63) is 76.5 Å². The number of hydrogen-bond donors (Lipinski definition) is 0. The van der Waals surface area contributed by atoms with Crippen LogP contribution in [-0.2, 0) is 24.1 Å². The molecular formula is C23H21F4N3OS. The number of nitrogens with zero attached hydrogens (tertiary/aromatic N) is 3. The maximum absolute atomic E-state index is 13.2. The van der Waals surface area contributed by atoms with Gasteiger partial charge in [0.25, 0.3) is 0 Å². The van der Waals surface area contributed by atoms with Crippen LogP contribution in [0, 0.1) is 5.82 Å². The molecule has 0 unspecified atom stereocenters. The number of alkyl halides is 3. The average Bonchev–Trinajstić information content (AvgIpc) is 3.49. The molecule has 1 fully saturated rings. The zero-order valence-corrected chi connectivity index (χ0v) is 18.1. The smallest absolute Gasteiger partial charge is 0.290 e. The van der Waals surface area contributed by atoms with Gasteiger partial charge in [0.15, 0.2) is 5.13 Å². The molecule has 0 atom stereocenters. The predicted octanol–water partition coefficient (Wildman–Crippen LogP) is 6.15. The zero-order chi connectivity index (χ0) is 22.9. The van der Waals surface area contributed by atoms with E-state index in [-0.39, 0.29) is 11.5 Å². The molecule has 0 spiro atoms. The van der Waals surface area contributed by atoms with Crippen molar-refractivity contribution in [1.82, 2.24) is 9.88 Å². The number of amides is 1. The third kappa shape index (κ3) is 5.34. The first-order chi connectivity index (χ1) is 15.2. The van der Waals surface area contributed by atoms with Gasteiger partial charge in [-0.3, -0.25) is 14.6 Å². The summed E-state index contributed by atoms with van der Waals surface area (Å²) in [5.41, 5.74) is 1.02. The minimum atomic E-state index is -4.50. The summed E-state index contributed by atoms with van der Waals surface area (Å²) in [5, 5.41) is 2.14. The summed E-state index contributed by atoms with van der Waals surface area (Å²) in [6.07, 6.45) is -2.36. The van der Waals surface area contributed by atoms with Crippen LogP contribution in [0.1, 0.15) is 36.6 Å². The topological polar surface area (TPSA) is 36.4 Å². The molecule has 1 aliphatic carbocycles. The molecule has 4 rings (SSSR count). The maximum atomic E-state index is 13.2. The SMILES string of the molecule is CC(=O)N(c1cccc(C(F)(F)F)c1)c1nc(CN(Cc2ccc(F)cc2)C2CC2)cs1. The number of anilines is 2. The number of rotatable bonds is 7. The van der Waals surface area contributed by atoms with Crippen molar-refractivity contribution < 1.29 is 22.4 Å². The van der Waals surface area contributed by atoms with Gasteiger partial charge in [-0.15, -0.1) is 11.3 Å². The molecular weight excluding hydrogens is 442 g/mol. The summed E-state index contributed by atoms with van der Waals surface area (Å²) in [5.74, 6) is -0.703. The van der Waals surface area contributed by atoms with E-state index < -0.39 is 17.6 Å². The number of carbonyl (C=O) groups is 1. The number of carbonyl (C=O) groups excluding carboxylic acids is 1. The Kier molecular flexibility index (Phi) is 6.30. The first-order valence-electron chi connectivity index (χ1n) is 10.1. The van der Waals surface area contributed by atoms with Crippen LogP contribution in [0.15, 0.2) is 53.9 Å². The zero-order valence-electron chi connectivity index (χ0n) is 17.3. The third-order valence-electron chi connectivity index (χ3n) is 5.20. The highest BCUT2D eigenvalue weighted by atomic mass is 32.1. The molecule has 0 saturated heterocycles. The molecule has 32 heavy (non-hydrogen) atoms. The van der Waals surface area contributed by atoms with Gasteiger partial charge in [0.05, 0.1) is 16.9 Å². The normalized spacial score (nSPS) is 14.1. The Morgan fingerprint density at radius 3 is 2.47 bits per heavy atom. The Labute approximate surface area is 187 Å². The van der Waals surface area contributed by atoms with E-state index in [0.29, 0.717) is 24.3 Å². The second-order valence-corrected chi connectivity index (χ2v) is 8.62. The van der Waals surface area contributed by atoms with Crippen molar-refractivity contribution in [3.8, 4) is 0 Å². The molecule has 1 saturated carbocycles. The largest absolute Gasteiger partial charge is 0.416 e. The van der Waals surface area contributed by atoms with E-state index in [2.05, 4.69) is 9.88 Å². The fourth-order valence-electron chi connectivity index (χ4n) is 3.51. The first-order valence-corrected chi connectivity index (χ1v) is 11.0. The Morgan fingerprint density at radius 2 is 1.84 bits per heavy atom. The Morgan fingerprint density at radius 1 is 1.12 bits per heavy atom. The van der Waals surface area contributed by atoms with E-state index >= 15 is 0 Å². The van der Waals surface area contributed by atoms with E-state index in [1.165, 1.54) is 47.4 Å². The van der Waals surface area contributed by atoms with E-state index in [9.17, 15) is 22.4 Å². The lowest BCUT2D eigenvalue weighted by Crippen LogP contribution is -2.26. The summed E-state index contributed by atoms with van der Waals surface area (Å²) in [6, 6.07) is 11.4. The number of thiazole rings is 1. The van der Waals surface area contributed by atoms with Crippen LogP contribution < -0.4 is 4.90 Å². The lowest BCUT2D eigenvalue weighted by Gasteiger charge is -2.21. The first kappa shape index (κ1) is 22.4. The minimum absolute atomic E-state index is 0.124. The number of aromatic nitrogens is 1. The minimum Gasteiger partial charge on any atom is -0.290 e.